The zero-order valence-corrected chi connectivity index (χ0v) is 17.0. The first kappa shape index (κ1) is 21.2. The van der Waals surface area contributed by atoms with E-state index in [9.17, 15) is 22.8 Å². The van der Waals surface area contributed by atoms with Crippen LogP contribution in [0.15, 0.2) is 59.6 Å². The van der Waals surface area contributed by atoms with Crippen LogP contribution in [0.25, 0.3) is 10.9 Å². The molecule has 0 radical (unpaired) electrons. The number of amides is 2. The summed E-state index contributed by atoms with van der Waals surface area (Å²) in [5.74, 6) is -0.717. The van der Waals surface area contributed by atoms with Gasteiger partial charge in [-0.1, -0.05) is 36.0 Å². The van der Waals surface area contributed by atoms with Crippen molar-refractivity contribution in [3.8, 4) is 0 Å². The maximum atomic E-state index is 12.8. The van der Waals surface area contributed by atoms with Gasteiger partial charge in [0.2, 0.25) is 5.91 Å². The van der Waals surface area contributed by atoms with E-state index >= 15 is 0 Å². The summed E-state index contributed by atoms with van der Waals surface area (Å²) in [6, 6.07) is 13.5. The number of carbonyl (C=O) groups is 2. The summed E-state index contributed by atoms with van der Waals surface area (Å²) in [6.45, 7) is 0. The predicted molar refractivity (Wildman–Crippen MR) is 113 cm³/mol. The van der Waals surface area contributed by atoms with Crippen LogP contribution in [0.4, 0.5) is 18.9 Å². The Bertz CT molecular complexity index is 1150. The van der Waals surface area contributed by atoms with Crippen LogP contribution in [0.5, 0.6) is 0 Å². The third-order valence-electron chi connectivity index (χ3n) is 4.67. The number of benzene rings is 2. The molecule has 2 aromatic carbocycles. The summed E-state index contributed by atoms with van der Waals surface area (Å²) in [7, 11) is 0. The van der Waals surface area contributed by atoms with Gasteiger partial charge in [-0.2, -0.15) is 13.2 Å². The van der Waals surface area contributed by atoms with Gasteiger partial charge in [0.25, 0.3) is 5.91 Å². The van der Waals surface area contributed by atoms with Gasteiger partial charge in [0.1, 0.15) is 0 Å². The lowest BCUT2D eigenvalue weighted by Gasteiger charge is -2.11. The normalized spacial score (nSPS) is 13.8. The van der Waals surface area contributed by atoms with E-state index in [1.807, 2.05) is 18.2 Å². The first-order valence-electron chi connectivity index (χ1n) is 9.60. The molecule has 0 aliphatic heterocycles. The first-order valence-corrected chi connectivity index (χ1v) is 10.6. The number of nitrogens with zero attached hydrogens (tertiary/aromatic N) is 1. The Morgan fingerprint density at radius 1 is 1.06 bits per heavy atom. The van der Waals surface area contributed by atoms with Crippen LogP contribution in [0.2, 0.25) is 0 Å². The summed E-state index contributed by atoms with van der Waals surface area (Å²) in [4.78, 5) is 29.4. The molecular weight excluding hydrogens is 427 g/mol. The fourth-order valence-corrected chi connectivity index (χ4v) is 3.73. The minimum absolute atomic E-state index is 0.0642. The summed E-state index contributed by atoms with van der Waals surface area (Å²) >= 11 is 1.11. The summed E-state index contributed by atoms with van der Waals surface area (Å²) < 4.78 is 38.5. The molecule has 0 atom stereocenters. The molecule has 1 aliphatic carbocycles. The number of aromatic nitrogens is 1. The molecule has 0 spiro atoms. The average molecular weight is 445 g/mol. The second-order valence-corrected chi connectivity index (χ2v) is 8.18. The van der Waals surface area contributed by atoms with Crippen molar-refractivity contribution in [2.75, 3.05) is 11.1 Å². The van der Waals surface area contributed by atoms with Gasteiger partial charge in [0, 0.05) is 17.1 Å². The van der Waals surface area contributed by atoms with Gasteiger partial charge in [0.15, 0.2) is 0 Å². The van der Waals surface area contributed by atoms with Crippen molar-refractivity contribution in [2.24, 2.45) is 0 Å². The van der Waals surface area contributed by atoms with Crippen LogP contribution in [-0.2, 0) is 11.0 Å². The Morgan fingerprint density at radius 3 is 2.58 bits per heavy atom. The van der Waals surface area contributed by atoms with E-state index in [2.05, 4.69) is 15.6 Å². The Hall–Kier alpha value is -3.07. The number of thioether (sulfide) groups is 1. The molecule has 5 nitrogen and oxygen atoms in total. The van der Waals surface area contributed by atoms with Gasteiger partial charge < -0.3 is 10.6 Å². The molecule has 3 aromatic rings. The zero-order chi connectivity index (χ0) is 22.0. The zero-order valence-electron chi connectivity index (χ0n) is 16.2. The number of anilines is 1. The van der Waals surface area contributed by atoms with Crippen molar-refractivity contribution in [2.45, 2.75) is 30.1 Å². The number of para-hydroxylation sites is 1. The Labute approximate surface area is 180 Å². The van der Waals surface area contributed by atoms with Crippen LogP contribution in [-0.4, -0.2) is 28.6 Å². The molecule has 9 heteroatoms. The lowest BCUT2D eigenvalue weighted by Crippen LogP contribution is -2.25. The van der Waals surface area contributed by atoms with Crippen LogP contribution >= 0.6 is 11.8 Å². The number of fused-ring (bicyclic) bond motifs is 1. The highest BCUT2D eigenvalue weighted by molar-refractivity contribution is 7.99. The van der Waals surface area contributed by atoms with E-state index in [1.165, 1.54) is 12.1 Å². The van der Waals surface area contributed by atoms with Crippen LogP contribution in [0, 0.1) is 0 Å². The number of alkyl halides is 3. The lowest BCUT2D eigenvalue weighted by atomic mass is 10.1. The molecular formula is C22H18F3N3O2S. The minimum atomic E-state index is -4.48. The Morgan fingerprint density at radius 2 is 1.84 bits per heavy atom. The predicted octanol–water partition coefficient (Wildman–Crippen LogP) is 4.88. The monoisotopic (exact) mass is 445 g/mol. The van der Waals surface area contributed by atoms with Gasteiger partial charge in [-0.05, 0) is 43.2 Å². The van der Waals surface area contributed by atoms with Crippen molar-refractivity contribution in [1.29, 1.82) is 0 Å². The Kier molecular flexibility index (Phi) is 5.86. The van der Waals surface area contributed by atoms with E-state index in [-0.39, 0.29) is 23.4 Å². The van der Waals surface area contributed by atoms with Gasteiger partial charge in [-0.15, -0.1) is 0 Å². The molecule has 2 amide bonds. The van der Waals surface area contributed by atoms with Crippen LogP contribution in [0.3, 0.4) is 0 Å². The fourth-order valence-electron chi connectivity index (χ4n) is 3.01. The highest BCUT2D eigenvalue weighted by Gasteiger charge is 2.30. The Balaban J connectivity index is 1.47. The van der Waals surface area contributed by atoms with Crippen LogP contribution in [0.1, 0.15) is 28.8 Å². The molecule has 4 rings (SSSR count). The number of pyridine rings is 1. The number of carbonyl (C=O) groups excluding carboxylic acids is 2. The quantitative estimate of drug-likeness (QED) is 0.531. The van der Waals surface area contributed by atoms with E-state index < -0.39 is 17.6 Å². The van der Waals surface area contributed by atoms with Crippen molar-refractivity contribution in [1.82, 2.24) is 10.3 Å². The third-order valence-corrected chi connectivity index (χ3v) is 5.59. The maximum absolute atomic E-state index is 12.8. The number of hydrogen-bond acceptors (Lipinski definition) is 4. The highest BCUT2D eigenvalue weighted by atomic mass is 32.2. The second kappa shape index (κ2) is 8.58. The molecule has 0 unspecified atom stereocenters. The molecule has 0 saturated heterocycles. The summed E-state index contributed by atoms with van der Waals surface area (Å²) in [5, 5.41) is 6.63. The average Bonchev–Trinajstić information content (AvgIpc) is 3.55. The summed E-state index contributed by atoms with van der Waals surface area (Å²) in [5.41, 5.74) is 0.349. The number of nitrogens with one attached hydrogen (secondary N) is 2. The molecule has 160 valence electrons. The van der Waals surface area contributed by atoms with Crippen molar-refractivity contribution in [3.05, 3.63) is 65.7 Å². The van der Waals surface area contributed by atoms with Gasteiger partial charge in [0.05, 0.1) is 27.4 Å². The molecule has 2 N–H and O–H groups in total. The number of rotatable bonds is 6. The minimum Gasteiger partial charge on any atom is -0.349 e. The summed E-state index contributed by atoms with van der Waals surface area (Å²) in [6.07, 6.45) is -2.56. The standard InChI is InChI=1S/C22H18F3N3O2S/c23-22(24,25)13-4-3-5-15(10-13)26-19(29)12-31-20-11-17(21(30)27-14-8-9-14)16-6-1-2-7-18(16)28-20/h1-7,10-11,14H,8-9,12H2,(H,26,29)(H,27,30). The van der Waals surface area contributed by atoms with E-state index in [1.54, 1.807) is 12.1 Å². The lowest BCUT2D eigenvalue weighted by molar-refractivity contribution is -0.137. The molecule has 1 heterocycles. The molecule has 31 heavy (non-hydrogen) atoms. The maximum Gasteiger partial charge on any atom is 0.416 e. The molecule has 1 aromatic heterocycles. The van der Waals surface area contributed by atoms with Crippen LogP contribution < -0.4 is 10.6 Å². The second-order valence-electron chi connectivity index (χ2n) is 7.19. The smallest absolute Gasteiger partial charge is 0.349 e. The molecule has 0 bridgehead atoms. The van der Waals surface area contributed by atoms with Gasteiger partial charge in [-0.25, -0.2) is 4.98 Å². The topological polar surface area (TPSA) is 71.1 Å². The van der Waals surface area contributed by atoms with Gasteiger partial charge >= 0.3 is 6.18 Å². The molecule has 1 aliphatic rings. The third kappa shape index (κ3) is 5.35. The number of halogens is 3. The van der Waals surface area contributed by atoms with E-state index in [0.29, 0.717) is 16.1 Å². The first-order chi connectivity index (χ1) is 14.8. The fraction of sp³-hybridized carbons (Fsp3) is 0.227. The molecule has 1 saturated carbocycles. The number of hydrogen-bond donors (Lipinski definition) is 2. The largest absolute Gasteiger partial charge is 0.416 e. The SMILES string of the molecule is O=C(CSc1cc(C(=O)NC2CC2)c2ccccc2n1)Nc1cccc(C(F)(F)F)c1. The van der Waals surface area contributed by atoms with E-state index in [0.717, 1.165) is 42.1 Å². The van der Waals surface area contributed by atoms with Crippen molar-refractivity contribution in [3.63, 3.8) is 0 Å². The highest BCUT2D eigenvalue weighted by Crippen LogP contribution is 2.31. The van der Waals surface area contributed by atoms with E-state index in [4.69, 9.17) is 0 Å². The van der Waals surface area contributed by atoms with Gasteiger partial charge in [-0.3, -0.25) is 9.59 Å². The van der Waals surface area contributed by atoms with Crippen molar-refractivity contribution >= 4 is 40.2 Å². The van der Waals surface area contributed by atoms with Crippen molar-refractivity contribution < 1.29 is 22.8 Å². The molecule has 1 fully saturated rings.